The molecule has 0 aliphatic rings. The van der Waals surface area contributed by atoms with Crippen LogP contribution in [-0.4, -0.2) is 22.0 Å². The summed E-state index contributed by atoms with van der Waals surface area (Å²) in [7, 11) is 1.63. The molecule has 0 aliphatic heterocycles. The number of aryl methyl sites for hydroxylation is 2. The third kappa shape index (κ3) is 3.19. The SMILES string of the molecule is COc1ccc([C@H](O)[C@H](c2ccccc2)n2nc(C)cc2C)cc1. The Morgan fingerprint density at radius 1 is 0.958 bits per heavy atom. The summed E-state index contributed by atoms with van der Waals surface area (Å²) >= 11 is 0. The zero-order valence-corrected chi connectivity index (χ0v) is 14.2. The summed E-state index contributed by atoms with van der Waals surface area (Å²) in [6.07, 6.45) is -0.712. The molecule has 0 saturated carbocycles. The molecular formula is C20H22N2O2. The van der Waals surface area contributed by atoms with Crippen molar-refractivity contribution >= 4 is 0 Å². The zero-order valence-electron chi connectivity index (χ0n) is 14.2. The lowest BCUT2D eigenvalue weighted by Gasteiger charge is -2.25. The van der Waals surface area contributed by atoms with Gasteiger partial charge in [0.2, 0.25) is 0 Å². The van der Waals surface area contributed by atoms with Gasteiger partial charge in [-0.2, -0.15) is 5.10 Å². The molecule has 24 heavy (non-hydrogen) atoms. The van der Waals surface area contributed by atoms with Crippen LogP contribution in [0.3, 0.4) is 0 Å². The van der Waals surface area contributed by atoms with Gasteiger partial charge in [0, 0.05) is 5.69 Å². The molecule has 0 saturated heterocycles. The van der Waals surface area contributed by atoms with E-state index in [0.29, 0.717) is 0 Å². The van der Waals surface area contributed by atoms with Crippen LogP contribution in [0.25, 0.3) is 0 Å². The quantitative estimate of drug-likeness (QED) is 0.776. The third-order valence-corrected chi connectivity index (χ3v) is 4.21. The predicted octanol–water partition coefficient (Wildman–Crippen LogP) is 3.83. The molecule has 1 heterocycles. The number of benzene rings is 2. The summed E-state index contributed by atoms with van der Waals surface area (Å²) in [5.41, 5.74) is 3.81. The molecular weight excluding hydrogens is 300 g/mol. The largest absolute Gasteiger partial charge is 0.497 e. The van der Waals surface area contributed by atoms with E-state index in [1.807, 2.05) is 79.2 Å². The van der Waals surface area contributed by atoms with Gasteiger partial charge in [0.05, 0.1) is 12.8 Å². The fourth-order valence-electron chi connectivity index (χ4n) is 3.02. The highest BCUT2D eigenvalue weighted by atomic mass is 16.5. The molecule has 2 atom stereocenters. The van der Waals surface area contributed by atoms with E-state index in [9.17, 15) is 5.11 Å². The Hall–Kier alpha value is -2.59. The Morgan fingerprint density at radius 2 is 1.62 bits per heavy atom. The van der Waals surface area contributed by atoms with E-state index in [4.69, 9.17) is 4.74 Å². The smallest absolute Gasteiger partial charge is 0.118 e. The second kappa shape index (κ2) is 6.89. The van der Waals surface area contributed by atoms with Crippen molar-refractivity contribution < 1.29 is 9.84 Å². The molecule has 4 nitrogen and oxygen atoms in total. The summed E-state index contributed by atoms with van der Waals surface area (Å²) in [5, 5.41) is 15.7. The first-order valence-corrected chi connectivity index (χ1v) is 8.00. The van der Waals surface area contributed by atoms with Crippen LogP contribution in [0, 0.1) is 13.8 Å². The van der Waals surface area contributed by atoms with Crippen molar-refractivity contribution in [2.45, 2.75) is 26.0 Å². The topological polar surface area (TPSA) is 47.3 Å². The summed E-state index contributed by atoms with van der Waals surface area (Å²) in [6, 6.07) is 19.2. The number of rotatable bonds is 5. The van der Waals surface area contributed by atoms with Gasteiger partial charge in [-0.25, -0.2) is 0 Å². The van der Waals surface area contributed by atoms with Crippen LogP contribution in [0.5, 0.6) is 5.75 Å². The van der Waals surface area contributed by atoms with E-state index in [1.54, 1.807) is 7.11 Å². The number of nitrogens with zero attached hydrogens (tertiary/aromatic N) is 2. The molecule has 1 aromatic heterocycles. The standard InChI is InChI=1S/C20H22N2O2/c1-14-13-15(2)22(21-14)19(16-7-5-4-6-8-16)20(23)17-9-11-18(24-3)12-10-17/h4-13,19-20,23H,1-3H3/t19-,20-/m0/s1. The van der Waals surface area contributed by atoms with E-state index in [0.717, 1.165) is 28.3 Å². The number of aliphatic hydroxyl groups is 1. The number of ether oxygens (including phenoxy) is 1. The molecule has 4 heteroatoms. The maximum absolute atomic E-state index is 11.1. The van der Waals surface area contributed by atoms with Gasteiger partial charge in [-0.3, -0.25) is 4.68 Å². The van der Waals surface area contributed by atoms with E-state index in [1.165, 1.54) is 0 Å². The van der Waals surface area contributed by atoms with Gasteiger partial charge in [0.15, 0.2) is 0 Å². The second-order valence-corrected chi connectivity index (χ2v) is 5.95. The first-order valence-electron chi connectivity index (χ1n) is 8.00. The summed E-state index contributed by atoms with van der Waals surface area (Å²) in [4.78, 5) is 0. The minimum atomic E-state index is -0.712. The summed E-state index contributed by atoms with van der Waals surface area (Å²) in [6.45, 7) is 3.97. The Kier molecular flexibility index (Phi) is 4.67. The molecule has 0 radical (unpaired) electrons. The van der Waals surface area contributed by atoms with Crippen molar-refractivity contribution in [3.05, 3.63) is 83.2 Å². The maximum Gasteiger partial charge on any atom is 0.118 e. The highest BCUT2D eigenvalue weighted by Crippen LogP contribution is 2.33. The van der Waals surface area contributed by atoms with Crippen molar-refractivity contribution in [1.82, 2.24) is 9.78 Å². The second-order valence-electron chi connectivity index (χ2n) is 5.95. The molecule has 3 rings (SSSR count). The fraction of sp³-hybridized carbons (Fsp3) is 0.250. The van der Waals surface area contributed by atoms with Crippen molar-refractivity contribution in [3.8, 4) is 5.75 Å². The lowest BCUT2D eigenvalue weighted by molar-refractivity contribution is 0.124. The minimum Gasteiger partial charge on any atom is -0.497 e. The minimum absolute atomic E-state index is 0.284. The molecule has 0 spiro atoms. The maximum atomic E-state index is 11.1. The van der Waals surface area contributed by atoms with E-state index < -0.39 is 6.10 Å². The Bertz CT molecular complexity index is 794. The monoisotopic (exact) mass is 322 g/mol. The van der Waals surface area contributed by atoms with Crippen LogP contribution in [-0.2, 0) is 0 Å². The van der Waals surface area contributed by atoms with Crippen molar-refractivity contribution in [2.75, 3.05) is 7.11 Å². The predicted molar refractivity (Wildman–Crippen MR) is 94.2 cm³/mol. The van der Waals surface area contributed by atoms with Crippen molar-refractivity contribution in [1.29, 1.82) is 0 Å². The molecule has 1 N–H and O–H groups in total. The van der Waals surface area contributed by atoms with Gasteiger partial charge in [-0.05, 0) is 43.2 Å². The fourth-order valence-corrected chi connectivity index (χ4v) is 3.02. The number of methoxy groups -OCH3 is 1. The zero-order chi connectivity index (χ0) is 17.1. The molecule has 0 fully saturated rings. The summed E-state index contributed by atoms with van der Waals surface area (Å²) in [5.74, 6) is 0.772. The van der Waals surface area contributed by atoms with Crippen LogP contribution in [0.4, 0.5) is 0 Å². The number of aromatic nitrogens is 2. The number of hydrogen-bond donors (Lipinski definition) is 1. The lowest BCUT2D eigenvalue weighted by Crippen LogP contribution is -2.21. The molecule has 0 unspecified atom stereocenters. The molecule has 3 aromatic rings. The molecule has 2 aromatic carbocycles. The van der Waals surface area contributed by atoms with Crippen LogP contribution in [0.15, 0.2) is 60.7 Å². The van der Waals surface area contributed by atoms with Gasteiger partial charge in [0.25, 0.3) is 0 Å². The van der Waals surface area contributed by atoms with Gasteiger partial charge in [-0.1, -0.05) is 42.5 Å². The highest BCUT2D eigenvalue weighted by molar-refractivity contribution is 5.32. The third-order valence-electron chi connectivity index (χ3n) is 4.21. The van der Waals surface area contributed by atoms with E-state index in [2.05, 4.69) is 5.10 Å². The van der Waals surface area contributed by atoms with Crippen LogP contribution in [0.1, 0.15) is 34.7 Å². The Morgan fingerprint density at radius 3 is 2.17 bits per heavy atom. The first-order chi connectivity index (χ1) is 11.6. The van der Waals surface area contributed by atoms with Gasteiger partial charge < -0.3 is 9.84 Å². The molecule has 124 valence electrons. The Labute approximate surface area is 142 Å². The average Bonchev–Trinajstić information content (AvgIpc) is 2.94. The van der Waals surface area contributed by atoms with Gasteiger partial charge in [-0.15, -0.1) is 0 Å². The first kappa shape index (κ1) is 16.3. The van der Waals surface area contributed by atoms with Gasteiger partial charge in [0.1, 0.15) is 17.9 Å². The average molecular weight is 322 g/mol. The van der Waals surface area contributed by atoms with Crippen LogP contribution >= 0.6 is 0 Å². The van der Waals surface area contributed by atoms with E-state index >= 15 is 0 Å². The molecule has 0 amide bonds. The number of hydrogen-bond acceptors (Lipinski definition) is 3. The van der Waals surface area contributed by atoms with E-state index in [-0.39, 0.29) is 6.04 Å². The molecule has 0 bridgehead atoms. The number of aliphatic hydroxyl groups excluding tert-OH is 1. The van der Waals surface area contributed by atoms with Gasteiger partial charge >= 0.3 is 0 Å². The summed E-state index contributed by atoms with van der Waals surface area (Å²) < 4.78 is 7.10. The molecule has 0 aliphatic carbocycles. The lowest BCUT2D eigenvalue weighted by atomic mass is 9.95. The van der Waals surface area contributed by atoms with Crippen molar-refractivity contribution in [2.24, 2.45) is 0 Å². The normalized spacial score (nSPS) is 13.5. The van der Waals surface area contributed by atoms with Crippen LogP contribution in [0.2, 0.25) is 0 Å². The van der Waals surface area contributed by atoms with Crippen LogP contribution < -0.4 is 4.74 Å². The Balaban J connectivity index is 2.05. The van der Waals surface area contributed by atoms with Crippen molar-refractivity contribution in [3.63, 3.8) is 0 Å². The highest BCUT2D eigenvalue weighted by Gasteiger charge is 2.26.